The Balaban J connectivity index is 2.75. The van der Waals surface area contributed by atoms with Gasteiger partial charge in [0.1, 0.15) is 11.6 Å². The van der Waals surface area contributed by atoms with Crippen molar-refractivity contribution in [2.45, 2.75) is 6.92 Å². The van der Waals surface area contributed by atoms with Crippen LogP contribution < -0.4 is 4.74 Å². The highest BCUT2D eigenvalue weighted by Crippen LogP contribution is 2.33. The summed E-state index contributed by atoms with van der Waals surface area (Å²) < 4.78 is 24.0. The van der Waals surface area contributed by atoms with E-state index in [-0.39, 0.29) is 16.8 Å². The van der Waals surface area contributed by atoms with E-state index < -0.39 is 11.8 Å². The van der Waals surface area contributed by atoms with Crippen molar-refractivity contribution in [3.05, 3.63) is 47.4 Å². The molecule has 2 rings (SSSR count). The Morgan fingerprint density at radius 1 is 1.20 bits per heavy atom. The Kier molecular flexibility index (Phi) is 3.98. The minimum absolute atomic E-state index is 0.152. The van der Waals surface area contributed by atoms with Gasteiger partial charge in [-0.15, -0.1) is 0 Å². The molecule has 0 N–H and O–H groups in total. The highest BCUT2D eigenvalue weighted by Gasteiger charge is 2.21. The molecule has 0 unspecified atom stereocenters. The third-order valence-electron chi connectivity index (χ3n) is 2.87. The first kappa shape index (κ1) is 14.0. The SMILES string of the molecule is COC(=O)c1ccc(C)nc1-c1c(F)cccc1OC. The van der Waals surface area contributed by atoms with Crippen molar-refractivity contribution in [3.63, 3.8) is 0 Å². The molecule has 0 radical (unpaired) electrons. The van der Waals surface area contributed by atoms with Crippen LogP contribution in [0.3, 0.4) is 0 Å². The Hall–Kier alpha value is -2.43. The molecule has 104 valence electrons. The van der Waals surface area contributed by atoms with Gasteiger partial charge in [-0.2, -0.15) is 0 Å². The zero-order valence-corrected chi connectivity index (χ0v) is 11.4. The summed E-state index contributed by atoms with van der Waals surface area (Å²) >= 11 is 0. The average molecular weight is 275 g/mol. The zero-order chi connectivity index (χ0) is 14.7. The number of hydrogen-bond acceptors (Lipinski definition) is 4. The van der Waals surface area contributed by atoms with Crippen molar-refractivity contribution in [1.82, 2.24) is 4.98 Å². The molecule has 0 saturated carbocycles. The second-order valence-electron chi connectivity index (χ2n) is 4.16. The lowest BCUT2D eigenvalue weighted by atomic mass is 10.0. The Morgan fingerprint density at radius 3 is 2.60 bits per heavy atom. The van der Waals surface area contributed by atoms with Crippen LogP contribution in [0.4, 0.5) is 4.39 Å². The monoisotopic (exact) mass is 275 g/mol. The van der Waals surface area contributed by atoms with E-state index in [4.69, 9.17) is 9.47 Å². The van der Waals surface area contributed by atoms with Gasteiger partial charge in [-0.1, -0.05) is 6.07 Å². The molecule has 0 aliphatic rings. The summed E-state index contributed by atoms with van der Waals surface area (Å²) in [4.78, 5) is 16.1. The van der Waals surface area contributed by atoms with Crippen LogP contribution in [0.25, 0.3) is 11.3 Å². The Morgan fingerprint density at radius 2 is 1.95 bits per heavy atom. The Labute approximate surface area is 116 Å². The van der Waals surface area contributed by atoms with E-state index in [9.17, 15) is 9.18 Å². The molecule has 0 saturated heterocycles. The summed E-state index contributed by atoms with van der Waals surface area (Å²) in [6.07, 6.45) is 0. The van der Waals surface area contributed by atoms with Crippen molar-refractivity contribution >= 4 is 5.97 Å². The molecular formula is C15H14FNO3. The van der Waals surface area contributed by atoms with Crippen molar-refractivity contribution < 1.29 is 18.7 Å². The summed E-state index contributed by atoms with van der Waals surface area (Å²) in [7, 11) is 2.70. The number of halogens is 1. The van der Waals surface area contributed by atoms with Crippen LogP contribution in [-0.2, 0) is 4.74 Å². The first-order valence-electron chi connectivity index (χ1n) is 5.97. The number of rotatable bonds is 3. The van der Waals surface area contributed by atoms with Crippen LogP contribution in [0.1, 0.15) is 16.1 Å². The highest BCUT2D eigenvalue weighted by molar-refractivity contribution is 5.97. The summed E-state index contributed by atoms with van der Waals surface area (Å²) in [5, 5.41) is 0. The molecule has 4 nitrogen and oxygen atoms in total. The smallest absolute Gasteiger partial charge is 0.340 e. The van der Waals surface area contributed by atoms with Crippen molar-refractivity contribution in [2.24, 2.45) is 0 Å². The fourth-order valence-corrected chi connectivity index (χ4v) is 1.93. The quantitative estimate of drug-likeness (QED) is 0.808. The fraction of sp³-hybridized carbons (Fsp3) is 0.200. The van der Waals surface area contributed by atoms with Crippen molar-refractivity contribution in [3.8, 4) is 17.0 Å². The molecule has 5 heteroatoms. The van der Waals surface area contributed by atoms with Gasteiger partial charge in [-0.05, 0) is 31.2 Å². The fourth-order valence-electron chi connectivity index (χ4n) is 1.93. The maximum Gasteiger partial charge on any atom is 0.340 e. The van der Waals surface area contributed by atoms with Gasteiger partial charge in [-0.25, -0.2) is 9.18 Å². The van der Waals surface area contributed by atoms with Crippen LogP contribution in [0, 0.1) is 12.7 Å². The van der Waals surface area contributed by atoms with E-state index in [1.54, 1.807) is 25.1 Å². The molecular weight excluding hydrogens is 261 g/mol. The lowest BCUT2D eigenvalue weighted by Crippen LogP contribution is -2.07. The molecule has 1 aromatic carbocycles. The van der Waals surface area contributed by atoms with E-state index in [1.807, 2.05) is 0 Å². The van der Waals surface area contributed by atoms with Gasteiger partial charge < -0.3 is 9.47 Å². The standard InChI is InChI=1S/C15H14FNO3/c1-9-7-8-10(15(18)20-3)14(17-9)13-11(16)5-4-6-12(13)19-2/h4-8H,1-3H3. The third kappa shape index (κ3) is 2.47. The van der Waals surface area contributed by atoms with Gasteiger partial charge in [0.25, 0.3) is 0 Å². The number of ether oxygens (including phenoxy) is 2. The zero-order valence-electron chi connectivity index (χ0n) is 11.4. The third-order valence-corrected chi connectivity index (χ3v) is 2.87. The molecule has 0 aliphatic carbocycles. The first-order chi connectivity index (χ1) is 9.58. The van der Waals surface area contributed by atoms with Crippen molar-refractivity contribution in [2.75, 3.05) is 14.2 Å². The molecule has 0 amide bonds. The largest absolute Gasteiger partial charge is 0.496 e. The van der Waals surface area contributed by atoms with Crippen molar-refractivity contribution in [1.29, 1.82) is 0 Å². The lowest BCUT2D eigenvalue weighted by Gasteiger charge is -2.12. The van der Waals surface area contributed by atoms with Crippen LogP contribution in [0.2, 0.25) is 0 Å². The van der Waals surface area contributed by atoms with Gasteiger partial charge in [0.2, 0.25) is 0 Å². The van der Waals surface area contributed by atoms with Gasteiger partial charge >= 0.3 is 5.97 Å². The van der Waals surface area contributed by atoms with Crippen LogP contribution in [-0.4, -0.2) is 25.2 Å². The maximum atomic E-state index is 14.1. The molecule has 1 aromatic heterocycles. The number of benzene rings is 1. The summed E-state index contributed by atoms with van der Waals surface area (Å²) in [5.74, 6) is -0.765. The molecule has 20 heavy (non-hydrogen) atoms. The maximum absolute atomic E-state index is 14.1. The molecule has 0 spiro atoms. The second-order valence-corrected chi connectivity index (χ2v) is 4.16. The van der Waals surface area contributed by atoms with E-state index in [0.717, 1.165) is 0 Å². The van der Waals surface area contributed by atoms with Crippen LogP contribution in [0.15, 0.2) is 30.3 Å². The number of pyridine rings is 1. The molecule has 0 aliphatic heterocycles. The van der Waals surface area contributed by atoms with E-state index in [1.165, 1.54) is 26.4 Å². The number of methoxy groups -OCH3 is 2. The number of carbonyl (C=O) groups is 1. The minimum atomic E-state index is -0.571. The van der Waals surface area contributed by atoms with Gasteiger partial charge in [0.15, 0.2) is 0 Å². The van der Waals surface area contributed by atoms with E-state index >= 15 is 0 Å². The molecule has 2 aromatic rings. The number of esters is 1. The van der Waals surface area contributed by atoms with Crippen LogP contribution in [0.5, 0.6) is 5.75 Å². The highest BCUT2D eigenvalue weighted by atomic mass is 19.1. The van der Waals surface area contributed by atoms with Gasteiger partial charge in [-0.3, -0.25) is 4.98 Å². The second kappa shape index (κ2) is 5.69. The predicted molar refractivity (Wildman–Crippen MR) is 72.3 cm³/mol. The molecule has 0 bridgehead atoms. The Bertz CT molecular complexity index is 656. The average Bonchev–Trinajstić information content (AvgIpc) is 2.46. The topological polar surface area (TPSA) is 48.4 Å². The lowest BCUT2D eigenvalue weighted by molar-refractivity contribution is 0.0601. The molecule has 1 heterocycles. The minimum Gasteiger partial charge on any atom is -0.496 e. The normalized spacial score (nSPS) is 10.2. The summed E-state index contributed by atoms with van der Waals surface area (Å²) in [6.45, 7) is 1.76. The van der Waals surface area contributed by atoms with Gasteiger partial charge in [0.05, 0.1) is 31.0 Å². The van der Waals surface area contributed by atoms with Gasteiger partial charge in [0, 0.05) is 5.69 Å². The first-order valence-corrected chi connectivity index (χ1v) is 5.97. The number of carbonyl (C=O) groups excluding carboxylic acids is 1. The predicted octanol–water partition coefficient (Wildman–Crippen LogP) is 2.99. The summed E-state index contributed by atoms with van der Waals surface area (Å²) in [5.41, 5.74) is 1.23. The molecule has 0 atom stereocenters. The number of nitrogens with zero attached hydrogens (tertiary/aromatic N) is 1. The number of hydrogen-bond donors (Lipinski definition) is 0. The summed E-state index contributed by atoms with van der Waals surface area (Å²) in [6, 6.07) is 7.68. The molecule has 0 fully saturated rings. The van der Waals surface area contributed by atoms with E-state index in [2.05, 4.69) is 4.98 Å². The number of aromatic nitrogens is 1. The van der Waals surface area contributed by atoms with Crippen LogP contribution >= 0.6 is 0 Å². The van der Waals surface area contributed by atoms with E-state index in [0.29, 0.717) is 11.4 Å². The number of aryl methyl sites for hydroxylation is 1.